The zero-order valence-corrected chi connectivity index (χ0v) is 13.3. The van der Waals surface area contributed by atoms with Crippen LogP contribution in [0.4, 0.5) is 4.79 Å². The van der Waals surface area contributed by atoms with Gasteiger partial charge in [0.1, 0.15) is 0 Å². The molecular formula is C15H28N4O3. The molecule has 0 aromatic rings. The lowest BCUT2D eigenvalue weighted by molar-refractivity contribution is -0.115. The molecule has 2 fully saturated rings. The Balaban J connectivity index is 1.61. The number of piperidine rings is 1. The normalized spacial score (nSPS) is 20.5. The SMILES string of the molecule is O=CN(CCN1CCOCC1)C(=O)NCCN1CCCCC1. The number of imide groups is 1. The lowest BCUT2D eigenvalue weighted by Gasteiger charge is -2.28. The molecule has 0 aliphatic carbocycles. The minimum absolute atomic E-state index is 0.291. The van der Waals surface area contributed by atoms with E-state index < -0.39 is 0 Å². The molecule has 2 rings (SSSR count). The molecule has 0 saturated carbocycles. The van der Waals surface area contributed by atoms with E-state index in [0.717, 1.165) is 45.9 Å². The highest BCUT2D eigenvalue weighted by atomic mass is 16.5. The number of urea groups is 1. The third-order valence-corrected chi connectivity index (χ3v) is 4.30. The summed E-state index contributed by atoms with van der Waals surface area (Å²) in [5, 5.41) is 2.84. The smallest absolute Gasteiger partial charge is 0.323 e. The van der Waals surface area contributed by atoms with Crippen molar-refractivity contribution in [1.82, 2.24) is 20.0 Å². The molecule has 0 radical (unpaired) electrons. The maximum absolute atomic E-state index is 12.0. The summed E-state index contributed by atoms with van der Waals surface area (Å²) >= 11 is 0. The van der Waals surface area contributed by atoms with Gasteiger partial charge in [-0.3, -0.25) is 14.6 Å². The molecule has 2 aliphatic rings. The van der Waals surface area contributed by atoms with Gasteiger partial charge in [-0.15, -0.1) is 0 Å². The molecular weight excluding hydrogens is 284 g/mol. The van der Waals surface area contributed by atoms with Crippen LogP contribution in [0, 0.1) is 0 Å². The molecule has 0 unspecified atom stereocenters. The molecule has 1 N–H and O–H groups in total. The summed E-state index contributed by atoms with van der Waals surface area (Å²) < 4.78 is 5.28. The molecule has 0 aromatic carbocycles. The highest BCUT2D eigenvalue weighted by molar-refractivity contribution is 5.84. The summed E-state index contributed by atoms with van der Waals surface area (Å²) in [6.45, 7) is 8.01. The minimum Gasteiger partial charge on any atom is -0.379 e. The number of rotatable bonds is 7. The van der Waals surface area contributed by atoms with Crippen LogP contribution in [0.3, 0.4) is 0 Å². The number of hydrogen-bond donors (Lipinski definition) is 1. The monoisotopic (exact) mass is 312 g/mol. The first-order chi connectivity index (χ1) is 10.8. The Labute approximate surface area is 132 Å². The molecule has 7 heteroatoms. The zero-order chi connectivity index (χ0) is 15.6. The quantitative estimate of drug-likeness (QED) is 0.669. The van der Waals surface area contributed by atoms with Crippen molar-refractivity contribution in [3.63, 3.8) is 0 Å². The highest BCUT2D eigenvalue weighted by Gasteiger charge is 2.16. The number of ether oxygens (including phenoxy) is 1. The van der Waals surface area contributed by atoms with E-state index in [1.54, 1.807) is 0 Å². The average molecular weight is 312 g/mol. The molecule has 3 amide bonds. The molecule has 0 atom stereocenters. The van der Waals surface area contributed by atoms with Crippen LogP contribution < -0.4 is 5.32 Å². The standard InChI is InChI=1S/C15H28N4O3/c20-14-19(9-8-18-10-12-22-13-11-18)15(21)16-4-7-17-5-2-1-3-6-17/h14H,1-13H2,(H,16,21). The minimum atomic E-state index is -0.291. The van der Waals surface area contributed by atoms with Gasteiger partial charge in [-0.1, -0.05) is 6.42 Å². The average Bonchev–Trinajstić information content (AvgIpc) is 2.57. The van der Waals surface area contributed by atoms with Crippen LogP contribution in [0.15, 0.2) is 0 Å². The van der Waals surface area contributed by atoms with E-state index >= 15 is 0 Å². The second kappa shape index (κ2) is 9.76. The fraction of sp³-hybridized carbons (Fsp3) is 0.867. The van der Waals surface area contributed by atoms with Crippen molar-refractivity contribution in [2.45, 2.75) is 19.3 Å². The molecule has 126 valence electrons. The summed E-state index contributed by atoms with van der Waals surface area (Å²) in [7, 11) is 0. The van der Waals surface area contributed by atoms with Crippen LogP contribution in [0.1, 0.15) is 19.3 Å². The van der Waals surface area contributed by atoms with Gasteiger partial charge in [-0.2, -0.15) is 0 Å². The third kappa shape index (κ3) is 5.90. The molecule has 2 aliphatic heterocycles. The topological polar surface area (TPSA) is 65.1 Å². The second-order valence-corrected chi connectivity index (χ2v) is 5.89. The van der Waals surface area contributed by atoms with Gasteiger partial charge in [0.2, 0.25) is 6.41 Å². The fourth-order valence-electron chi connectivity index (χ4n) is 2.88. The van der Waals surface area contributed by atoms with Gasteiger partial charge in [0.05, 0.1) is 13.2 Å². The molecule has 0 bridgehead atoms. The third-order valence-electron chi connectivity index (χ3n) is 4.30. The first-order valence-electron chi connectivity index (χ1n) is 8.32. The maximum atomic E-state index is 12.0. The van der Waals surface area contributed by atoms with Gasteiger partial charge in [0, 0.05) is 39.3 Å². The summed E-state index contributed by atoms with van der Waals surface area (Å²) in [4.78, 5) is 28.9. The molecule has 2 heterocycles. The number of hydrogen-bond acceptors (Lipinski definition) is 5. The van der Waals surface area contributed by atoms with Crippen LogP contribution in [0.5, 0.6) is 0 Å². The van der Waals surface area contributed by atoms with Gasteiger partial charge in [0.15, 0.2) is 0 Å². The van der Waals surface area contributed by atoms with Crippen molar-refractivity contribution in [2.24, 2.45) is 0 Å². The van der Waals surface area contributed by atoms with Crippen LogP contribution in [0.2, 0.25) is 0 Å². The van der Waals surface area contributed by atoms with Gasteiger partial charge in [0.25, 0.3) is 0 Å². The Morgan fingerprint density at radius 3 is 2.41 bits per heavy atom. The number of nitrogens with one attached hydrogen (secondary N) is 1. The summed E-state index contributed by atoms with van der Waals surface area (Å²) in [5.74, 6) is 0. The van der Waals surface area contributed by atoms with Gasteiger partial charge in [-0.05, 0) is 25.9 Å². The van der Waals surface area contributed by atoms with Crippen molar-refractivity contribution < 1.29 is 14.3 Å². The van der Waals surface area contributed by atoms with Crippen molar-refractivity contribution in [3.05, 3.63) is 0 Å². The maximum Gasteiger partial charge on any atom is 0.323 e. The Morgan fingerprint density at radius 2 is 1.73 bits per heavy atom. The fourth-order valence-corrected chi connectivity index (χ4v) is 2.88. The second-order valence-electron chi connectivity index (χ2n) is 5.89. The number of carbonyl (C=O) groups is 2. The van der Waals surface area contributed by atoms with Gasteiger partial charge in [-0.25, -0.2) is 4.79 Å². The Hall–Kier alpha value is -1.18. The van der Waals surface area contributed by atoms with Crippen LogP contribution >= 0.6 is 0 Å². The zero-order valence-electron chi connectivity index (χ0n) is 13.3. The summed E-state index contributed by atoms with van der Waals surface area (Å²) in [5.41, 5.74) is 0. The highest BCUT2D eigenvalue weighted by Crippen LogP contribution is 2.07. The van der Waals surface area contributed by atoms with E-state index in [-0.39, 0.29) is 6.03 Å². The Bertz CT molecular complexity index is 342. The number of amides is 3. The van der Waals surface area contributed by atoms with E-state index in [2.05, 4.69) is 15.1 Å². The first kappa shape index (κ1) is 17.2. The van der Waals surface area contributed by atoms with E-state index in [4.69, 9.17) is 4.74 Å². The van der Waals surface area contributed by atoms with Crippen LogP contribution in [0.25, 0.3) is 0 Å². The molecule has 7 nitrogen and oxygen atoms in total. The summed E-state index contributed by atoms with van der Waals surface area (Å²) in [6, 6.07) is -0.291. The van der Waals surface area contributed by atoms with Crippen molar-refractivity contribution in [2.75, 3.05) is 65.6 Å². The van der Waals surface area contributed by atoms with E-state index in [1.807, 2.05) is 0 Å². The van der Waals surface area contributed by atoms with E-state index in [0.29, 0.717) is 26.0 Å². The van der Waals surface area contributed by atoms with Gasteiger partial charge < -0.3 is 15.0 Å². The van der Waals surface area contributed by atoms with Crippen molar-refractivity contribution in [1.29, 1.82) is 0 Å². The predicted molar refractivity (Wildman–Crippen MR) is 83.7 cm³/mol. The number of likely N-dealkylation sites (tertiary alicyclic amines) is 1. The van der Waals surface area contributed by atoms with Crippen molar-refractivity contribution in [3.8, 4) is 0 Å². The largest absolute Gasteiger partial charge is 0.379 e. The molecule has 2 saturated heterocycles. The Kier molecular flexibility index (Phi) is 7.62. The predicted octanol–water partition coefficient (Wildman–Crippen LogP) is -0.0275. The summed E-state index contributed by atoms with van der Waals surface area (Å²) in [6.07, 6.45) is 4.42. The van der Waals surface area contributed by atoms with Crippen molar-refractivity contribution >= 4 is 12.4 Å². The lowest BCUT2D eigenvalue weighted by Crippen LogP contribution is -2.47. The number of morpholine rings is 1. The van der Waals surface area contributed by atoms with E-state index in [1.165, 1.54) is 24.2 Å². The number of nitrogens with zero attached hydrogens (tertiary/aromatic N) is 3. The van der Waals surface area contributed by atoms with Gasteiger partial charge >= 0.3 is 6.03 Å². The molecule has 0 spiro atoms. The Morgan fingerprint density at radius 1 is 1.05 bits per heavy atom. The number of carbonyl (C=O) groups excluding carboxylic acids is 2. The van der Waals surface area contributed by atoms with E-state index in [9.17, 15) is 9.59 Å². The first-order valence-corrected chi connectivity index (χ1v) is 8.32. The molecule has 0 aromatic heterocycles. The molecule has 22 heavy (non-hydrogen) atoms. The van der Waals surface area contributed by atoms with Crippen LogP contribution in [-0.2, 0) is 9.53 Å². The lowest BCUT2D eigenvalue weighted by atomic mass is 10.1. The van der Waals surface area contributed by atoms with Crippen LogP contribution in [-0.4, -0.2) is 92.7 Å².